The van der Waals surface area contributed by atoms with Crippen LogP contribution in [-0.4, -0.2) is 27.5 Å². The van der Waals surface area contributed by atoms with Gasteiger partial charge >= 0.3 is 6.97 Å². The number of allylic oxidation sites excluding steroid dienone is 1. The summed E-state index contributed by atoms with van der Waals surface area (Å²) in [4.78, 5) is 5.11. The van der Waals surface area contributed by atoms with Crippen LogP contribution in [0.2, 0.25) is 0 Å². The van der Waals surface area contributed by atoms with E-state index in [0.717, 1.165) is 31.2 Å². The van der Waals surface area contributed by atoms with Gasteiger partial charge in [-0.15, -0.1) is 0 Å². The molecule has 0 unspecified atom stereocenters. The maximum absolute atomic E-state index is 17.5. The number of hydrogen-bond acceptors (Lipinski definition) is 1. The summed E-state index contributed by atoms with van der Waals surface area (Å²) in [6.07, 6.45) is 0. The number of nitrogens with zero attached hydrogens (tertiary/aromatic N) is 3. The quantitative estimate of drug-likeness (QED) is 0.168. The van der Waals surface area contributed by atoms with Gasteiger partial charge in [0, 0.05) is 11.3 Å². The van der Waals surface area contributed by atoms with Crippen molar-refractivity contribution < 1.29 is 13.1 Å². The monoisotopic (exact) mass is 681 g/mol. The summed E-state index contributed by atoms with van der Waals surface area (Å²) in [5.74, 6) is 0.442. The molecule has 0 aliphatic carbocycles. The smallest absolute Gasteiger partial charge is 0.414 e. The predicted octanol–water partition coefficient (Wildman–Crippen LogP) is 9.79. The first kappa shape index (κ1) is 27.0. The Labute approximate surface area is 259 Å². The summed E-state index contributed by atoms with van der Waals surface area (Å²) in [6, 6.07) is 34.5. The van der Waals surface area contributed by atoms with Gasteiger partial charge in [0.15, 0.2) is 0 Å². The molecule has 5 aromatic rings. The normalized spacial score (nSPS) is 15.5. The highest BCUT2D eigenvalue weighted by atomic mass is 79.9. The second kappa shape index (κ2) is 10.1. The average Bonchev–Trinajstić information content (AvgIpc) is 3.46. The molecule has 4 aromatic carbocycles. The van der Waals surface area contributed by atoms with Gasteiger partial charge < -0.3 is 17.6 Å². The highest BCUT2D eigenvalue weighted by Crippen LogP contribution is 2.51. The first-order chi connectivity index (χ1) is 20.3. The molecule has 8 heteroatoms. The number of aryl methyl sites for hydroxylation is 2. The van der Waals surface area contributed by atoms with Crippen LogP contribution in [0.5, 0.6) is 0 Å². The number of aromatic nitrogens is 1. The number of rotatable bonds is 4. The molecule has 0 saturated carbocycles. The van der Waals surface area contributed by atoms with E-state index in [-0.39, 0.29) is 11.7 Å². The summed E-state index contributed by atoms with van der Waals surface area (Å²) in [5.41, 5.74) is 7.13. The molecule has 0 N–H and O–H groups in total. The number of benzene rings is 4. The van der Waals surface area contributed by atoms with Crippen LogP contribution >= 0.6 is 31.9 Å². The Balaban J connectivity index is 1.61. The van der Waals surface area contributed by atoms with Gasteiger partial charge in [0.05, 0.1) is 20.1 Å². The molecule has 2 aliphatic rings. The van der Waals surface area contributed by atoms with E-state index >= 15 is 8.63 Å². The molecule has 0 fully saturated rings. The van der Waals surface area contributed by atoms with Gasteiger partial charge in [-0.3, -0.25) is 0 Å². The van der Waals surface area contributed by atoms with E-state index in [9.17, 15) is 0 Å². The van der Waals surface area contributed by atoms with Gasteiger partial charge in [0.25, 0.3) is 5.84 Å². The summed E-state index contributed by atoms with van der Waals surface area (Å²) in [6.45, 7) is -0.449. The van der Waals surface area contributed by atoms with Gasteiger partial charge in [0.2, 0.25) is 5.82 Å². The van der Waals surface area contributed by atoms with Gasteiger partial charge in [-0.2, -0.15) is 0 Å². The van der Waals surface area contributed by atoms with Crippen LogP contribution in [0.25, 0.3) is 28.0 Å². The number of aliphatic imine (C=N–C) groups is 1. The van der Waals surface area contributed by atoms with Crippen LogP contribution in [-0.2, 0) is 0 Å². The van der Waals surface area contributed by atoms with Crippen LogP contribution < -0.4 is 0 Å². The van der Waals surface area contributed by atoms with Gasteiger partial charge in [0.1, 0.15) is 5.71 Å². The largest absolute Gasteiger partial charge is 0.642 e. The molecule has 1 aromatic heterocycles. The summed E-state index contributed by atoms with van der Waals surface area (Å²) < 4.78 is 38.5. The van der Waals surface area contributed by atoms with Crippen molar-refractivity contribution in [2.45, 2.75) is 13.8 Å². The van der Waals surface area contributed by atoms with Crippen LogP contribution in [0, 0.1) is 13.8 Å². The maximum atomic E-state index is 17.5. The zero-order valence-electron chi connectivity index (χ0n) is 22.8. The Kier molecular flexibility index (Phi) is 6.52. The average molecular weight is 683 g/mol. The summed E-state index contributed by atoms with van der Waals surface area (Å²) in [7, 11) is 0. The van der Waals surface area contributed by atoms with E-state index in [1.54, 1.807) is 0 Å². The van der Waals surface area contributed by atoms with Crippen molar-refractivity contribution in [2.24, 2.45) is 4.99 Å². The van der Waals surface area contributed by atoms with Crippen LogP contribution in [0.1, 0.15) is 22.3 Å². The fraction of sp³-hybridized carbons (Fsp3) is 0.0588. The minimum atomic E-state index is -4.42. The van der Waals surface area contributed by atoms with Gasteiger partial charge in [-0.25, -0.2) is 0 Å². The molecule has 0 amide bonds. The highest BCUT2D eigenvalue weighted by Gasteiger charge is 2.55. The molecule has 0 saturated heterocycles. The molecule has 0 bridgehead atoms. The van der Waals surface area contributed by atoms with Crippen LogP contribution in [0.3, 0.4) is 0 Å². The topological polar surface area (TPSA) is 20.3 Å². The third-order valence-electron chi connectivity index (χ3n) is 7.85. The molecule has 7 rings (SSSR count). The lowest BCUT2D eigenvalue weighted by Gasteiger charge is -2.32. The number of amidine groups is 1. The standard InChI is InChI=1S/C34H24BBr2F2N3/c1-21-13-17-25(18-14-21)31-29(36)27(23-9-5-3-6-10-23)33-40-34-28(24-11-7-4-8-12-24)30(37)32(26-19-15-22(2)16-20-26)42(34)35(38,39)41(31)33/h3-20H,1-2H3. The van der Waals surface area contributed by atoms with Gasteiger partial charge in [-0.05, 0) is 67.4 Å². The van der Waals surface area contributed by atoms with Crippen LogP contribution in [0.4, 0.5) is 14.4 Å². The number of halogens is 4. The molecule has 42 heavy (non-hydrogen) atoms. The molecular weight excluding hydrogens is 659 g/mol. The third kappa shape index (κ3) is 4.11. The fourth-order valence-electron chi connectivity index (χ4n) is 5.81. The molecule has 0 atom stereocenters. The van der Waals surface area contributed by atoms with Crippen molar-refractivity contribution in [3.63, 3.8) is 0 Å². The van der Waals surface area contributed by atoms with E-state index in [4.69, 9.17) is 4.99 Å². The second-order valence-electron chi connectivity index (χ2n) is 10.6. The Morgan fingerprint density at radius 2 is 1.19 bits per heavy atom. The van der Waals surface area contributed by atoms with Crippen molar-refractivity contribution in [1.29, 1.82) is 0 Å². The molecule has 2 aliphatic heterocycles. The molecule has 0 spiro atoms. The molecule has 0 radical (unpaired) electrons. The van der Waals surface area contributed by atoms with Gasteiger partial charge in [-0.1, -0.05) is 120 Å². The first-order valence-electron chi connectivity index (χ1n) is 13.6. The zero-order chi connectivity index (χ0) is 29.2. The lowest BCUT2D eigenvalue weighted by Crippen LogP contribution is -2.53. The Morgan fingerprint density at radius 1 is 0.667 bits per heavy atom. The lowest BCUT2D eigenvalue weighted by atomic mass is 9.90. The SMILES string of the molecule is Cc1ccc(C2=[N+]3C(=Nc4c(-c5ccccc5)c(Br)c(-c5ccc(C)cc5)n4[B-]3(F)F)C(c3ccccc3)=C2Br)cc1. The minimum Gasteiger partial charge on any atom is -0.414 e. The highest BCUT2D eigenvalue weighted by molar-refractivity contribution is 9.12. The second-order valence-corrected chi connectivity index (χ2v) is 12.2. The minimum absolute atomic E-state index is 0.221. The summed E-state index contributed by atoms with van der Waals surface area (Å²) in [5, 5.41) is 0. The van der Waals surface area contributed by atoms with Crippen molar-refractivity contribution in [2.75, 3.05) is 0 Å². The van der Waals surface area contributed by atoms with E-state index in [2.05, 4.69) is 31.9 Å². The Bertz CT molecular complexity index is 1960. The first-order valence-corrected chi connectivity index (χ1v) is 15.2. The molecule has 3 heterocycles. The maximum Gasteiger partial charge on any atom is 0.642 e. The van der Waals surface area contributed by atoms with Crippen molar-refractivity contribution in [3.8, 4) is 22.4 Å². The molecular formula is C34H24BBr2F2N3. The van der Waals surface area contributed by atoms with Crippen molar-refractivity contribution in [3.05, 3.63) is 140 Å². The van der Waals surface area contributed by atoms with Crippen LogP contribution in [0.15, 0.2) is 123 Å². The Morgan fingerprint density at radius 3 is 1.76 bits per heavy atom. The fourth-order valence-corrected chi connectivity index (χ4v) is 7.47. The summed E-state index contributed by atoms with van der Waals surface area (Å²) >= 11 is 7.53. The third-order valence-corrected chi connectivity index (χ3v) is 9.39. The number of fused-ring (bicyclic) bond motifs is 2. The number of hydrogen-bond donors (Lipinski definition) is 0. The predicted molar refractivity (Wildman–Crippen MR) is 176 cm³/mol. The van der Waals surface area contributed by atoms with E-state index in [1.807, 2.05) is 123 Å². The Hall–Kier alpha value is -3.88. The van der Waals surface area contributed by atoms with Crippen molar-refractivity contribution >= 4 is 61.8 Å². The molecule has 206 valence electrons. The zero-order valence-corrected chi connectivity index (χ0v) is 26.0. The van der Waals surface area contributed by atoms with E-state index in [0.29, 0.717) is 42.6 Å². The van der Waals surface area contributed by atoms with E-state index < -0.39 is 6.97 Å². The van der Waals surface area contributed by atoms with Crippen molar-refractivity contribution in [1.82, 2.24) is 4.48 Å². The van der Waals surface area contributed by atoms with E-state index in [1.165, 1.54) is 0 Å². The lowest BCUT2D eigenvalue weighted by molar-refractivity contribution is -0.291. The molecule has 3 nitrogen and oxygen atoms in total.